The van der Waals surface area contributed by atoms with E-state index < -0.39 is 11.8 Å². The van der Waals surface area contributed by atoms with Crippen molar-refractivity contribution in [3.63, 3.8) is 0 Å². The minimum atomic E-state index is -0.498. The molecule has 0 aromatic heterocycles. The van der Waals surface area contributed by atoms with Crippen molar-refractivity contribution in [2.24, 2.45) is 0 Å². The Morgan fingerprint density at radius 3 is 2.28 bits per heavy atom. The Morgan fingerprint density at radius 1 is 0.931 bits per heavy atom. The van der Waals surface area contributed by atoms with Gasteiger partial charge in [-0.1, -0.05) is 28.1 Å². The molecule has 11 heteroatoms. The molecule has 3 N–H and O–H groups in total. The molecular formula is C18H17Br2N3O5S. The average molecular weight is 547 g/mol. The number of carbonyl (C=O) groups is 2. The van der Waals surface area contributed by atoms with Crippen molar-refractivity contribution in [3.05, 3.63) is 51.4 Å². The summed E-state index contributed by atoms with van der Waals surface area (Å²) in [5.41, 5.74) is 4.73. The highest BCUT2D eigenvalue weighted by molar-refractivity contribution is 9.11. The molecule has 154 valence electrons. The number of para-hydroxylation sites is 2. The molecule has 0 unspecified atom stereocenters. The first kappa shape index (κ1) is 22.9. The Labute approximate surface area is 189 Å². The maximum absolute atomic E-state index is 11.9. The SMILES string of the molecule is COc1ccccc1OCC(=O)NNC(=S)NC(=O)COc1ccc(Br)cc1Br. The number of hydrogen-bond donors (Lipinski definition) is 3. The predicted molar refractivity (Wildman–Crippen MR) is 118 cm³/mol. The fourth-order valence-corrected chi connectivity index (χ4v) is 3.30. The van der Waals surface area contributed by atoms with Crippen LogP contribution in [0.4, 0.5) is 0 Å². The van der Waals surface area contributed by atoms with Crippen molar-refractivity contribution in [2.75, 3.05) is 20.3 Å². The molecule has 2 rings (SSSR count). The second-order valence-electron chi connectivity index (χ2n) is 5.35. The number of hydrogen-bond acceptors (Lipinski definition) is 6. The van der Waals surface area contributed by atoms with Crippen LogP contribution in [0.25, 0.3) is 0 Å². The van der Waals surface area contributed by atoms with Crippen LogP contribution in [0.15, 0.2) is 51.4 Å². The number of ether oxygens (including phenoxy) is 3. The van der Waals surface area contributed by atoms with Crippen LogP contribution in [-0.2, 0) is 9.59 Å². The fraction of sp³-hybridized carbons (Fsp3) is 0.167. The van der Waals surface area contributed by atoms with Crippen LogP contribution in [0.5, 0.6) is 17.2 Å². The summed E-state index contributed by atoms with van der Waals surface area (Å²) in [6.07, 6.45) is 0. The average Bonchev–Trinajstić information content (AvgIpc) is 2.70. The summed E-state index contributed by atoms with van der Waals surface area (Å²) < 4.78 is 17.5. The van der Waals surface area contributed by atoms with Gasteiger partial charge in [-0.15, -0.1) is 0 Å². The normalized spacial score (nSPS) is 9.90. The molecular weight excluding hydrogens is 530 g/mol. The number of amides is 2. The predicted octanol–water partition coefficient (Wildman–Crippen LogP) is 2.70. The standard InChI is InChI=1S/C18H17Br2N3O5S/c1-26-14-4-2-3-5-15(14)28-10-17(25)22-23-18(29)21-16(24)9-27-13-7-6-11(19)8-12(13)20/h2-8H,9-10H2,1H3,(H,22,25)(H2,21,23,24,29). The van der Waals surface area contributed by atoms with E-state index in [0.717, 1.165) is 4.47 Å². The molecule has 0 saturated heterocycles. The Morgan fingerprint density at radius 2 is 1.59 bits per heavy atom. The number of benzene rings is 2. The summed E-state index contributed by atoms with van der Waals surface area (Å²) in [7, 11) is 1.50. The number of methoxy groups -OCH3 is 1. The summed E-state index contributed by atoms with van der Waals surface area (Å²) >= 11 is 11.6. The second kappa shape index (κ2) is 11.6. The van der Waals surface area contributed by atoms with Crippen molar-refractivity contribution in [1.29, 1.82) is 0 Å². The Balaban J connectivity index is 1.69. The number of thiocarbonyl (C=S) groups is 1. The topological polar surface area (TPSA) is 97.9 Å². The third kappa shape index (κ3) is 7.87. The highest BCUT2D eigenvalue weighted by Crippen LogP contribution is 2.28. The van der Waals surface area contributed by atoms with Gasteiger partial charge in [-0.05, 0) is 58.5 Å². The van der Waals surface area contributed by atoms with E-state index in [4.69, 9.17) is 26.4 Å². The quantitative estimate of drug-likeness (QED) is 0.363. The van der Waals surface area contributed by atoms with E-state index in [-0.39, 0.29) is 18.3 Å². The van der Waals surface area contributed by atoms with Gasteiger partial charge in [-0.25, -0.2) is 0 Å². The van der Waals surface area contributed by atoms with Crippen LogP contribution >= 0.6 is 44.1 Å². The zero-order chi connectivity index (χ0) is 21.2. The minimum Gasteiger partial charge on any atom is -0.493 e. The molecule has 2 aromatic rings. The highest BCUT2D eigenvalue weighted by Gasteiger charge is 2.10. The number of hydrazine groups is 1. The van der Waals surface area contributed by atoms with Crippen LogP contribution in [0, 0.1) is 0 Å². The zero-order valence-corrected chi connectivity index (χ0v) is 19.1. The summed E-state index contributed by atoms with van der Waals surface area (Å²) in [5.74, 6) is 0.453. The number of rotatable bonds is 7. The van der Waals surface area contributed by atoms with Crippen LogP contribution < -0.4 is 30.4 Å². The largest absolute Gasteiger partial charge is 0.493 e. The molecule has 0 fully saturated rings. The van der Waals surface area contributed by atoms with E-state index in [1.807, 2.05) is 0 Å². The van der Waals surface area contributed by atoms with Gasteiger partial charge >= 0.3 is 0 Å². The van der Waals surface area contributed by atoms with Gasteiger partial charge in [-0.3, -0.25) is 25.8 Å². The van der Waals surface area contributed by atoms with Gasteiger partial charge in [0.1, 0.15) is 5.75 Å². The molecule has 2 amide bonds. The van der Waals surface area contributed by atoms with Crippen LogP contribution in [0.1, 0.15) is 0 Å². The van der Waals surface area contributed by atoms with Crippen molar-refractivity contribution in [3.8, 4) is 17.2 Å². The smallest absolute Gasteiger partial charge is 0.276 e. The van der Waals surface area contributed by atoms with Gasteiger partial charge in [0.2, 0.25) is 0 Å². The fourth-order valence-electron chi connectivity index (χ4n) is 1.97. The monoisotopic (exact) mass is 545 g/mol. The van der Waals surface area contributed by atoms with Crippen LogP contribution in [0.3, 0.4) is 0 Å². The van der Waals surface area contributed by atoms with Gasteiger partial charge in [0.15, 0.2) is 29.8 Å². The Bertz CT molecular complexity index is 898. The third-order valence-electron chi connectivity index (χ3n) is 3.25. The molecule has 2 aromatic carbocycles. The van der Waals surface area contributed by atoms with Gasteiger partial charge in [0.05, 0.1) is 11.6 Å². The summed E-state index contributed by atoms with van der Waals surface area (Å²) in [4.78, 5) is 23.7. The molecule has 0 aliphatic heterocycles. The van der Waals surface area contributed by atoms with E-state index in [0.29, 0.717) is 21.7 Å². The van der Waals surface area contributed by atoms with E-state index in [1.54, 1.807) is 42.5 Å². The molecule has 0 radical (unpaired) electrons. The van der Waals surface area contributed by atoms with Crippen LogP contribution in [0.2, 0.25) is 0 Å². The van der Waals surface area contributed by atoms with E-state index >= 15 is 0 Å². The number of nitrogens with one attached hydrogen (secondary N) is 3. The summed E-state index contributed by atoms with van der Waals surface area (Å²) in [5, 5.41) is 2.30. The molecule has 29 heavy (non-hydrogen) atoms. The molecule has 0 saturated carbocycles. The maximum atomic E-state index is 11.9. The molecule has 8 nitrogen and oxygen atoms in total. The van der Waals surface area contributed by atoms with Gasteiger partial charge < -0.3 is 14.2 Å². The van der Waals surface area contributed by atoms with Crippen molar-refractivity contribution >= 4 is 61.0 Å². The molecule has 0 heterocycles. The van der Waals surface area contributed by atoms with E-state index in [9.17, 15) is 9.59 Å². The minimum absolute atomic E-state index is 0.0842. The van der Waals surface area contributed by atoms with Gasteiger partial charge in [0.25, 0.3) is 11.8 Å². The first-order valence-electron chi connectivity index (χ1n) is 8.11. The van der Waals surface area contributed by atoms with Gasteiger partial charge in [0, 0.05) is 4.47 Å². The summed E-state index contributed by atoms with van der Waals surface area (Å²) in [6, 6.07) is 12.2. The van der Waals surface area contributed by atoms with E-state index in [2.05, 4.69) is 48.0 Å². The van der Waals surface area contributed by atoms with Crippen LogP contribution in [-0.4, -0.2) is 37.3 Å². The van der Waals surface area contributed by atoms with Gasteiger partial charge in [-0.2, -0.15) is 0 Å². The Hall–Kier alpha value is -2.37. The number of carbonyl (C=O) groups excluding carboxylic acids is 2. The lowest BCUT2D eigenvalue weighted by Gasteiger charge is -2.13. The molecule has 0 bridgehead atoms. The lowest BCUT2D eigenvalue weighted by molar-refractivity contribution is -0.124. The maximum Gasteiger partial charge on any atom is 0.276 e. The first-order chi connectivity index (χ1) is 13.9. The first-order valence-corrected chi connectivity index (χ1v) is 10.1. The van der Waals surface area contributed by atoms with E-state index in [1.165, 1.54) is 7.11 Å². The highest BCUT2D eigenvalue weighted by atomic mass is 79.9. The summed E-state index contributed by atoms with van der Waals surface area (Å²) in [6.45, 7) is -0.530. The van der Waals surface area contributed by atoms with Crippen molar-refractivity contribution < 1.29 is 23.8 Å². The lowest BCUT2D eigenvalue weighted by Crippen LogP contribution is -2.50. The van der Waals surface area contributed by atoms with Crippen molar-refractivity contribution in [1.82, 2.24) is 16.2 Å². The second-order valence-corrected chi connectivity index (χ2v) is 7.53. The molecule has 0 atom stereocenters. The lowest BCUT2D eigenvalue weighted by atomic mass is 10.3. The molecule has 0 spiro atoms. The molecule has 0 aliphatic rings. The van der Waals surface area contributed by atoms with Crippen molar-refractivity contribution in [2.45, 2.75) is 0 Å². The molecule has 0 aliphatic carbocycles. The Kier molecular flexibility index (Phi) is 9.16. The third-order valence-corrected chi connectivity index (χ3v) is 4.57. The number of halogens is 2. The zero-order valence-electron chi connectivity index (χ0n) is 15.2.